The van der Waals surface area contributed by atoms with Crippen molar-refractivity contribution in [3.8, 4) is 0 Å². The summed E-state index contributed by atoms with van der Waals surface area (Å²) in [4.78, 5) is 4.62. The second-order valence-electron chi connectivity index (χ2n) is 4.47. The summed E-state index contributed by atoms with van der Waals surface area (Å²) >= 11 is 3.49. The Morgan fingerprint density at radius 3 is 1.60 bits per heavy atom. The molecule has 3 rings (SSSR count). The molecule has 0 radical (unpaired) electrons. The van der Waals surface area contributed by atoms with Gasteiger partial charge in [0.25, 0.3) is 0 Å². The Morgan fingerprint density at radius 1 is 0.650 bits per heavy atom. The van der Waals surface area contributed by atoms with E-state index in [1.807, 2.05) is 12.3 Å². The van der Waals surface area contributed by atoms with Gasteiger partial charge in [0.15, 0.2) is 0 Å². The summed E-state index contributed by atoms with van der Waals surface area (Å²) < 4.78 is 0. The number of hydrogen-bond donors (Lipinski definition) is 0. The molecule has 0 aliphatic heterocycles. The summed E-state index contributed by atoms with van der Waals surface area (Å²) in [7, 11) is 0. The van der Waals surface area contributed by atoms with Crippen molar-refractivity contribution in [2.24, 2.45) is 0 Å². The fourth-order valence-electron chi connectivity index (χ4n) is 2.23. The minimum absolute atomic E-state index is 1.12. The van der Waals surface area contributed by atoms with Gasteiger partial charge in [0, 0.05) is 0 Å². The van der Waals surface area contributed by atoms with Crippen molar-refractivity contribution in [1.82, 2.24) is 4.98 Å². The van der Waals surface area contributed by atoms with Gasteiger partial charge in [0.2, 0.25) is 0 Å². The Balaban J connectivity index is 2.27. The van der Waals surface area contributed by atoms with Gasteiger partial charge in [0.05, 0.1) is 0 Å². The van der Waals surface area contributed by atoms with E-state index in [4.69, 9.17) is 0 Å². The second kappa shape index (κ2) is 5.89. The number of benzene rings is 2. The van der Waals surface area contributed by atoms with Crippen molar-refractivity contribution >= 4 is 36.7 Å². The molecule has 0 aliphatic rings. The van der Waals surface area contributed by atoms with Crippen LogP contribution in [0.3, 0.4) is 0 Å². The molecule has 0 N–H and O–H groups in total. The van der Waals surface area contributed by atoms with Crippen LogP contribution in [0.1, 0.15) is 0 Å². The fourth-order valence-corrected chi connectivity index (χ4v) is 6.98. The summed E-state index contributed by atoms with van der Waals surface area (Å²) in [5, 5.41) is 2.62. The Bertz CT molecular complexity index is 623. The summed E-state index contributed by atoms with van der Waals surface area (Å²) in [6.45, 7) is 0. The maximum atomic E-state index is 4.62. The number of rotatable bonds is 3. The molecule has 0 unspecified atom stereocenters. The topological polar surface area (TPSA) is 12.9 Å². The molecule has 2 aromatic carbocycles. The molecule has 0 aliphatic carbocycles. The average Bonchev–Trinajstić information content (AvgIpc) is 2.56. The van der Waals surface area contributed by atoms with Crippen LogP contribution in [0.5, 0.6) is 0 Å². The van der Waals surface area contributed by atoms with Crippen LogP contribution in [0, 0.1) is 0 Å². The van der Waals surface area contributed by atoms with Crippen LogP contribution in [0.25, 0.3) is 0 Å². The molecule has 98 valence electrons. The van der Waals surface area contributed by atoms with E-state index in [1.165, 1.54) is 10.6 Å². The molecule has 0 amide bonds. The van der Waals surface area contributed by atoms with Crippen LogP contribution in [-0.2, 0) is 0 Å². The van der Waals surface area contributed by atoms with Gasteiger partial charge < -0.3 is 0 Å². The molecule has 3 aromatic rings. The van der Waals surface area contributed by atoms with E-state index in [2.05, 4.69) is 92.9 Å². The van der Waals surface area contributed by atoms with Gasteiger partial charge in [-0.15, -0.1) is 0 Å². The number of hydrogen-bond acceptors (Lipinski definition) is 1. The zero-order valence-corrected chi connectivity index (χ0v) is 13.5. The normalized spacial score (nSPS) is 11.2. The summed E-state index contributed by atoms with van der Waals surface area (Å²) in [6.07, 6.45) is 1.87. The minimum atomic E-state index is -1.76. The summed E-state index contributed by atoms with van der Waals surface area (Å²) in [6, 6.07) is 27.3. The summed E-state index contributed by atoms with van der Waals surface area (Å²) in [5.74, 6) is 0. The van der Waals surface area contributed by atoms with Crippen molar-refractivity contribution in [2.45, 2.75) is 0 Å². The first-order valence-electron chi connectivity index (χ1n) is 6.45. The van der Waals surface area contributed by atoms with Crippen molar-refractivity contribution in [1.29, 1.82) is 0 Å². The molecule has 1 heterocycles. The maximum absolute atomic E-state index is 4.62. The van der Waals surface area contributed by atoms with E-state index in [9.17, 15) is 0 Å². The Morgan fingerprint density at radius 2 is 1.15 bits per heavy atom. The Hall–Kier alpha value is -1.46. The first-order chi connectivity index (χ1) is 9.82. The van der Waals surface area contributed by atoms with E-state index in [0.29, 0.717) is 0 Å². The fraction of sp³-hybridized carbons (Fsp3) is 0. The predicted octanol–water partition coefficient (Wildman–Crippen LogP) is 2.46. The first-order valence-corrected chi connectivity index (χ1v) is 10.5. The molecular formula is C17H14NPSe. The van der Waals surface area contributed by atoms with Gasteiger partial charge in [-0.05, 0) is 0 Å². The zero-order chi connectivity index (χ0) is 13.8. The van der Waals surface area contributed by atoms with Crippen LogP contribution in [0.4, 0.5) is 0 Å². The molecular weight excluding hydrogens is 328 g/mol. The predicted molar refractivity (Wildman–Crippen MR) is 88.7 cm³/mol. The Kier molecular flexibility index (Phi) is 3.98. The van der Waals surface area contributed by atoms with Crippen molar-refractivity contribution in [3.63, 3.8) is 0 Å². The van der Waals surface area contributed by atoms with Crippen molar-refractivity contribution in [2.75, 3.05) is 0 Å². The zero-order valence-electron chi connectivity index (χ0n) is 10.9. The standard InChI is InChI=1S/C17H14NPSe/c20-19(15-9-3-1-4-10-15,16-11-5-2-6-12-16)17-13-7-8-14-18-17/h1-14H. The Labute approximate surface area is 126 Å². The molecule has 20 heavy (non-hydrogen) atoms. The van der Waals surface area contributed by atoms with Crippen molar-refractivity contribution < 1.29 is 0 Å². The van der Waals surface area contributed by atoms with E-state index in [0.717, 1.165) is 5.44 Å². The third-order valence-electron chi connectivity index (χ3n) is 3.21. The molecule has 0 fully saturated rings. The molecule has 1 nitrogen and oxygen atoms in total. The molecule has 3 heteroatoms. The third-order valence-corrected chi connectivity index (χ3v) is 10.0. The van der Waals surface area contributed by atoms with E-state index < -0.39 is 5.51 Å². The summed E-state index contributed by atoms with van der Waals surface area (Å²) in [5.41, 5.74) is -0.640. The first kappa shape index (κ1) is 13.5. The second-order valence-corrected chi connectivity index (χ2v) is 10.6. The van der Waals surface area contributed by atoms with Gasteiger partial charge in [-0.1, -0.05) is 0 Å². The molecule has 0 saturated carbocycles. The third kappa shape index (κ3) is 2.43. The quantitative estimate of drug-likeness (QED) is 0.526. The molecule has 1 aromatic heterocycles. The number of nitrogens with zero attached hydrogens (tertiary/aromatic N) is 1. The van der Waals surface area contributed by atoms with E-state index in [1.54, 1.807) is 0 Å². The number of aromatic nitrogens is 1. The van der Waals surface area contributed by atoms with Gasteiger partial charge in [-0.3, -0.25) is 0 Å². The average molecular weight is 342 g/mol. The van der Waals surface area contributed by atoms with Gasteiger partial charge in [0.1, 0.15) is 0 Å². The van der Waals surface area contributed by atoms with Crippen molar-refractivity contribution in [3.05, 3.63) is 85.1 Å². The van der Waals surface area contributed by atoms with Gasteiger partial charge in [-0.25, -0.2) is 0 Å². The van der Waals surface area contributed by atoms with Crippen LogP contribution >= 0.6 is 5.51 Å². The molecule has 0 spiro atoms. The van der Waals surface area contributed by atoms with E-state index >= 15 is 0 Å². The molecule has 0 saturated heterocycles. The van der Waals surface area contributed by atoms with Crippen LogP contribution in [0.15, 0.2) is 85.1 Å². The molecule has 0 atom stereocenters. The monoisotopic (exact) mass is 343 g/mol. The van der Waals surface area contributed by atoms with Crippen LogP contribution in [-0.4, -0.2) is 20.1 Å². The molecule has 0 bridgehead atoms. The SMILES string of the molecule is [Se]=P(c1ccccc1)(c1ccccc1)c1ccccn1. The van der Waals surface area contributed by atoms with Crippen LogP contribution < -0.4 is 16.0 Å². The number of pyridine rings is 1. The van der Waals surface area contributed by atoms with Crippen LogP contribution in [0.2, 0.25) is 0 Å². The van der Waals surface area contributed by atoms with Gasteiger partial charge in [-0.2, -0.15) is 0 Å². The van der Waals surface area contributed by atoms with E-state index in [-0.39, 0.29) is 0 Å². The van der Waals surface area contributed by atoms with Gasteiger partial charge >= 0.3 is 127 Å².